The number of alkyl carbamates (subject to hydrolysis) is 1. The highest BCUT2D eigenvalue weighted by atomic mass is 16.5. The van der Waals surface area contributed by atoms with E-state index in [1.807, 2.05) is 20.8 Å². The van der Waals surface area contributed by atoms with E-state index in [0.29, 0.717) is 5.75 Å². The molecule has 1 rings (SSSR count). The first-order chi connectivity index (χ1) is 10.7. The second-order valence-corrected chi connectivity index (χ2v) is 5.98. The summed E-state index contributed by atoms with van der Waals surface area (Å²) in [7, 11) is 0. The van der Waals surface area contributed by atoms with Gasteiger partial charge in [-0.3, -0.25) is 0 Å². The quantitative estimate of drug-likeness (QED) is 0.754. The predicted octanol–water partition coefficient (Wildman–Crippen LogP) is 2.77. The highest BCUT2D eigenvalue weighted by Crippen LogP contribution is 2.19. The lowest BCUT2D eigenvalue weighted by Crippen LogP contribution is -2.42. The standard InChI is InChI=1S/C17H23NO5/c1-5-10-22-16(21)18-14(15(19)20)11-12-6-8-13(9-7-12)23-17(2,3)4/h5-9,14H,1,10-11H2,2-4H3,(H,18,21)(H,19,20)/t14-/m1/s1. The van der Waals surface area contributed by atoms with E-state index in [-0.39, 0.29) is 18.6 Å². The van der Waals surface area contributed by atoms with Gasteiger partial charge in [-0.1, -0.05) is 24.8 Å². The molecule has 6 nitrogen and oxygen atoms in total. The summed E-state index contributed by atoms with van der Waals surface area (Å²) in [5.41, 5.74) is 0.462. The van der Waals surface area contributed by atoms with Gasteiger partial charge in [0, 0.05) is 6.42 Å². The lowest BCUT2D eigenvalue weighted by atomic mass is 10.1. The Hall–Kier alpha value is -2.50. The molecular weight excluding hydrogens is 298 g/mol. The Morgan fingerprint density at radius 1 is 1.30 bits per heavy atom. The smallest absolute Gasteiger partial charge is 0.408 e. The van der Waals surface area contributed by atoms with Gasteiger partial charge in [0.2, 0.25) is 0 Å². The minimum absolute atomic E-state index is 0.0248. The van der Waals surface area contributed by atoms with E-state index in [2.05, 4.69) is 11.9 Å². The van der Waals surface area contributed by atoms with Gasteiger partial charge in [0.05, 0.1) is 0 Å². The summed E-state index contributed by atoms with van der Waals surface area (Å²) in [6.07, 6.45) is 0.766. The molecule has 2 N–H and O–H groups in total. The number of carboxylic acids is 1. The van der Waals surface area contributed by atoms with Gasteiger partial charge in [-0.25, -0.2) is 9.59 Å². The maximum Gasteiger partial charge on any atom is 0.408 e. The molecule has 0 fully saturated rings. The number of benzene rings is 1. The maximum atomic E-state index is 11.5. The molecule has 126 valence electrons. The molecule has 0 saturated heterocycles. The Morgan fingerprint density at radius 2 is 1.91 bits per heavy atom. The van der Waals surface area contributed by atoms with Crippen molar-refractivity contribution in [3.63, 3.8) is 0 Å². The number of rotatable bonds is 7. The van der Waals surface area contributed by atoms with Crippen molar-refractivity contribution >= 4 is 12.1 Å². The number of aliphatic carboxylic acids is 1. The van der Waals surface area contributed by atoms with Gasteiger partial charge in [-0.05, 0) is 38.5 Å². The zero-order valence-corrected chi connectivity index (χ0v) is 13.7. The molecule has 1 atom stereocenters. The Kier molecular flexibility index (Phi) is 6.63. The van der Waals surface area contributed by atoms with Crippen LogP contribution in [0.1, 0.15) is 26.3 Å². The van der Waals surface area contributed by atoms with Gasteiger partial charge in [0.25, 0.3) is 0 Å². The van der Waals surface area contributed by atoms with E-state index in [1.165, 1.54) is 6.08 Å². The second-order valence-electron chi connectivity index (χ2n) is 5.98. The molecule has 0 aliphatic carbocycles. The van der Waals surface area contributed by atoms with Gasteiger partial charge in [-0.2, -0.15) is 0 Å². The second kappa shape index (κ2) is 8.22. The first-order valence-corrected chi connectivity index (χ1v) is 7.26. The monoisotopic (exact) mass is 321 g/mol. The zero-order valence-electron chi connectivity index (χ0n) is 13.7. The first kappa shape index (κ1) is 18.5. The number of hydrogen-bond donors (Lipinski definition) is 2. The van der Waals surface area contributed by atoms with E-state index >= 15 is 0 Å². The van der Waals surface area contributed by atoms with Gasteiger partial charge < -0.3 is 19.9 Å². The summed E-state index contributed by atoms with van der Waals surface area (Å²) in [6, 6.07) is 6.02. The number of nitrogens with one attached hydrogen (secondary N) is 1. The summed E-state index contributed by atoms with van der Waals surface area (Å²) in [4.78, 5) is 22.7. The van der Waals surface area contributed by atoms with E-state index in [4.69, 9.17) is 9.47 Å². The van der Waals surface area contributed by atoms with Crippen LogP contribution in [0, 0.1) is 0 Å². The van der Waals surface area contributed by atoms with Crippen LogP contribution in [0.2, 0.25) is 0 Å². The summed E-state index contributed by atoms with van der Waals surface area (Å²) >= 11 is 0. The van der Waals surface area contributed by atoms with Gasteiger partial charge in [-0.15, -0.1) is 0 Å². The predicted molar refractivity (Wildman–Crippen MR) is 86.6 cm³/mol. The van der Waals surface area contributed by atoms with E-state index < -0.39 is 18.1 Å². The minimum Gasteiger partial charge on any atom is -0.488 e. The van der Waals surface area contributed by atoms with Crippen LogP contribution in [0.3, 0.4) is 0 Å². The lowest BCUT2D eigenvalue weighted by Gasteiger charge is -2.21. The van der Waals surface area contributed by atoms with E-state index in [0.717, 1.165) is 5.56 Å². The molecular formula is C17H23NO5. The average Bonchev–Trinajstić information content (AvgIpc) is 2.44. The summed E-state index contributed by atoms with van der Waals surface area (Å²) in [6.45, 7) is 9.27. The zero-order chi connectivity index (χ0) is 17.5. The molecule has 23 heavy (non-hydrogen) atoms. The molecule has 1 amide bonds. The fourth-order valence-corrected chi connectivity index (χ4v) is 1.80. The van der Waals surface area contributed by atoms with Crippen LogP contribution in [0.4, 0.5) is 4.79 Å². The normalized spacial score (nSPS) is 12.1. The molecule has 0 bridgehead atoms. The average molecular weight is 321 g/mol. The molecule has 0 heterocycles. The van der Waals surface area contributed by atoms with Crippen LogP contribution in [0.15, 0.2) is 36.9 Å². The molecule has 0 spiro atoms. The first-order valence-electron chi connectivity index (χ1n) is 7.26. The largest absolute Gasteiger partial charge is 0.488 e. The highest BCUT2D eigenvalue weighted by molar-refractivity contribution is 5.80. The molecule has 1 aromatic rings. The highest BCUT2D eigenvalue weighted by Gasteiger charge is 2.21. The molecule has 6 heteroatoms. The number of amides is 1. The Morgan fingerprint density at radius 3 is 2.39 bits per heavy atom. The molecule has 0 unspecified atom stereocenters. The molecule has 0 aliphatic rings. The third-order valence-corrected chi connectivity index (χ3v) is 2.71. The fourth-order valence-electron chi connectivity index (χ4n) is 1.80. The number of hydrogen-bond acceptors (Lipinski definition) is 4. The SMILES string of the molecule is C=CCOC(=O)N[C@H](Cc1ccc(OC(C)(C)C)cc1)C(=O)O. The topological polar surface area (TPSA) is 84.9 Å². The van der Waals surface area contributed by atoms with Gasteiger partial charge in [0.15, 0.2) is 0 Å². The van der Waals surface area contributed by atoms with Crippen LogP contribution >= 0.6 is 0 Å². The van der Waals surface area contributed by atoms with Crippen molar-refractivity contribution < 1.29 is 24.2 Å². The summed E-state index contributed by atoms with van der Waals surface area (Å²) in [5.74, 6) is -0.429. The van der Waals surface area contributed by atoms with Gasteiger partial charge >= 0.3 is 12.1 Å². The van der Waals surface area contributed by atoms with Crippen molar-refractivity contribution in [2.45, 2.75) is 38.8 Å². The molecule has 0 saturated carbocycles. The summed E-state index contributed by atoms with van der Waals surface area (Å²) in [5, 5.41) is 11.5. The maximum absolute atomic E-state index is 11.5. The number of carboxylic acid groups (broad SMARTS) is 1. The van der Waals surface area contributed by atoms with Gasteiger partial charge in [0.1, 0.15) is 24.0 Å². The number of ether oxygens (including phenoxy) is 2. The minimum atomic E-state index is -1.13. The Balaban J connectivity index is 2.68. The van der Waals surface area contributed by atoms with Crippen LogP contribution in [0.5, 0.6) is 5.75 Å². The Bertz CT molecular complexity index is 545. The van der Waals surface area contributed by atoms with Crippen molar-refractivity contribution in [3.05, 3.63) is 42.5 Å². The van der Waals surface area contributed by atoms with E-state index in [1.54, 1.807) is 24.3 Å². The van der Waals surface area contributed by atoms with Crippen molar-refractivity contribution in [2.24, 2.45) is 0 Å². The van der Waals surface area contributed by atoms with Crippen molar-refractivity contribution in [1.29, 1.82) is 0 Å². The van der Waals surface area contributed by atoms with Crippen molar-refractivity contribution in [2.75, 3.05) is 6.61 Å². The van der Waals surface area contributed by atoms with Crippen LogP contribution in [-0.2, 0) is 16.0 Å². The fraction of sp³-hybridized carbons (Fsp3) is 0.412. The number of carbonyl (C=O) groups is 2. The Labute approximate surface area is 136 Å². The third-order valence-electron chi connectivity index (χ3n) is 2.71. The molecule has 1 aromatic carbocycles. The van der Waals surface area contributed by atoms with Crippen molar-refractivity contribution in [3.8, 4) is 5.75 Å². The van der Waals surface area contributed by atoms with Crippen LogP contribution in [-0.4, -0.2) is 35.4 Å². The molecule has 0 aliphatic heterocycles. The van der Waals surface area contributed by atoms with E-state index in [9.17, 15) is 14.7 Å². The third kappa shape index (κ3) is 7.35. The number of carbonyl (C=O) groups excluding carboxylic acids is 1. The molecule has 0 radical (unpaired) electrons. The molecule has 0 aromatic heterocycles. The van der Waals surface area contributed by atoms with Crippen LogP contribution in [0.25, 0.3) is 0 Å². The van der Waals surface area contributed by atoms with Crippen molar-refractivity contribution in [1.82, 2.24) is 5.32 Å². The lowest BCUT2D eigenvalue weighted by molar-refractivity contribution is -0.139. The van der Waals surface area contributed by atoms with Crippen LogP contribution < -0.4 is 10.1 Å². The summed E-state index contributed by atoms with van der Waals surface area (Å²) < 4.78 is 10.4.